The Labute approximate surface area is 119 Å². The van der Waals surface area contributed by atoms with Gasteiger partial charge in [0.15, 0.2) is 11.6 Å². The summed E-state index contributed by atoms with van der Waals surface area (Å²) in [4.78, 5) is 11.8. The molecule has 2 N–H and O–H groups in total. The molecule has 1 aromatic rings. The number of methoxy groups -OCH3 is 1. The smallest absolute Gasteiger partial charge is 0.236 e. The molecule has 1 unspecified atom stereocenters. The molecule has 5 heteroatoms. The third-order valence-electron chi connectivity index (χ3n) is 2.94. The Morgan fingerprint density at radius 2 is 2.05 bits per heavy atom. The van der Waals surface area contributed by atoms with E-state index in [-0.39, 0.29) is 24.2 Å². The number of hydrogen-bond acceptors (Lipinski definition) is 3. The normalized spacial score (nSPS) is 12.3. The second kappa shape index (κ2) is 7.85. The van der Waals surface area contributed by atoms with E-state index in [1.807, 2.05) is 13.8 Å². The minimum Gasteiger partial charge on any atom is -0.494 e. The first-order chi connectivity index (χ1) is 9.45. The lowest BCUT2D eigenvalue weighted by molar-refractivity contribution is -0.122. The summed E-state index contributed by atoms with van der Waals surface area (Å²) >= 11 is 0. The summed E-state index contributed by atoms with van der Waals surface area (Å²) in [6.45, 7) is 6.74. The van der Waals surface area contributed by atoms with Crippen molar-refractivity contribution in [3.63, 3.8) is 0 Å². The number of benzene rings is 1. The van der Waals surface area contributed by atoms with Crippen LogP contribution in [0.3, 0.4) is 0 Å². The van der Waals surface area contributed by atoms with Crippen LogP contribution in [0.4, 0.5) is 4.39 Å². The van der Waals surface area contributed by atoms with Crippen LogP contribution in [0.2, 0.25) is 0 Å². The number of rotatable bonds is 7. The monoisotopic (exact) mass is 282 g/mol. The van der Waals surface area contributed by atoms with E-state index in [1.54, 1.807) is 25.1 Å². The summed E-state index contributed by atoms with van der Waals surface area (Å²) in [5.41, 5.74) is 0.479. The van der Waals surface area contributed by atoms with Crippen molar-refractivity contribution in [2.75, 3.05) is 13.7 Å². The summed E-state index contributed by atoms with van der Waals surface area (Å²) in [6.07, 6.45) is 0. The number of ether oxygens (including phenoxy) is 1. The number of amides is 1. The maximum absolute atomic E-state index is 13.9. The Kier molecular flexibility index (Phi) is 6.45. The summed E-state index contributed by atoms with van der Waals surface area (Å²) in [7, 11) is 1.43. The van der Waals surface area contributed by atoms with Gasteiger partial charge in [0.2, 0.25) is 5.91 Å². The second-order valence-corrected chi connectivity index (χ2v) is 5.17. The molecule has 0 aliphatic rings. The Hall–Kier alpha value is -1.62. The molecule has 1 aromatic carbocycles. The number of hydrogen-bond donors (Lipinski definition) is 2. The van der Waals surface area contributed by atoms with E-state index in [2.05, 4.69) is 10.6 Å². The first-order valence-electron chi connectivity index (χ1n) is 6.78. The molecule has 0 aliphatic heterocycles. The van der Waals surface area contributed by atoms with Crippen LogP contribution in [-0.4, -0.2) is 25.6 Å². The molecule has 20 heavy (non-hydrogen) atoms. The zero-order chi connectivity index (χ0) is 15.1. The summed E-state index contributed by atoms with van der Waals surface area (Å²) < 4.78 is 18.8. The largest absolute Gasteiger partial charge is 0.494 e. The highest BCUT2D eigenvalue weighted by atomic mass is 19.1. The fraction of sp³-hybridized carbons (Fsp3) is 0.533. The van der Waals surface area contributed by atoms with Crippen LogP contribution < -0.4 is 15.4 Å². The molecule has 0 aliphatic carbocycles. The molecule has 0 spiro atoms. The van der Waals surface area contributed by atoms with E-state index in [0.29, 0.717) is 18.0 Å². The number of halogens is 1. The number of carbonyl (C=O) groups is 1. The Bertz CT molecular complexity index is 449. The first-order valence-corrected chi connectivity index (χ1v) is 6.78. The summed E-state index contributed by atoms with van der Waals surface area (Å²) in [6, 6.07) is 4.59. The van der Waals surface area contributed by atoms with Gasteiger partial charge >= 0.3 is 0 Å². The Morgan fingerprint density at radius 1 is 1.35 bits per heavy atom. The fourth-order valence-corrected chi connectivity index (χ4v) is 1.66. The third-order valence-corrected chi connectivity index (χ3v) is 2.94. The van der Waals surface area contributed by atoms with Gasteiger partial charge in [0.25, 0.3) is 0 Å². The third kappa shape index (κ3) is 4.81. The maximum atomic E-state index is 13.9. The van der Waals surface area contributed by atoms with Crippen molar-refractivity contribution >= 4 is 5.91 Å². The van der Waals surface area contributed by atoms with E-state index in [4.69, 9.17) is 4.74 Å². The van der Waals surface area contributed by atoms with E-state index >= 15 is 0 Å². The predicted molar refractivity (Wildman–Crippen MR) is 77.1 cm³/mol. The van der Waals surface area contributed by atoms with Crippen molar-refractivity contribution < 1.29 is 13.9 Å². The molecule has 0 aromatic heterocycles. The van der Waals surface area contributed by atoms with Crippen molar-refractivity contribution in [1.82, 2.24) is 10.6 Å². The van der Waals surface area contributed by atoms with Crippen LogP contribution in [-0.2, 0) is 11.3 Å². The van der Waals surface area contributed by atoms with Gasteiger partial charge < -0.3 is 15.4 Å². The topological polar surface area (TPSA) is 50.4 Å². The Balaban J connectivity index is 2.52. The van der Waals surface area contributed by atoms with Gasteiger partial charge in [0.05, 0.1) is 13.2 Å². The highest BCUT2D eigenvalue weighted by Gasteiger charge is 2.14. The molecule has 112 valence electrons. The lowest BCUT2D eigenvalue weighted by Gasteiger charge is -2.16. The molecular weight excluding hydrogens is 259 g/mol. The lowest BCUT2D eigenvalue weighted by atomic mass is 10.1. The van der Waals surface area contributed by atoms with E-state index in [9.17, 15) is 9.18 Å². The number of nitrogens with one attached hydrogen (secondary N) is 2. The molecular formula is C15H23FN2O2. The SMILES string of the molecule is COc1cccc(CNC(C)C(=O)NCC(C)C)c1F. The molecule has 0 saturated heterocycles. The quantitative estimate of drug-likeness (QED) is 0.805. The zero-order valence-corrected chi connectivity index (χ0v) is 12.5. The van der Waals surface area contributed by atoms with Gasteiger partial charge in [0.1, 0.15) is 0 Å². The number of carbonyl (C=O) groups excluding carboxylic acids is 1. The summed E-state index contributed by atoms with van der Waals surface area (Å²) in [5.74, 6) is 0.141. The van der Waals surface area contributed by atoms with Crippen molar-refractivity contribution in [3.8, 4) is 5.75 Å². The molecule has 4 nitrogen and oxygen atoms in total. The average Bonchev–Trinajstić information content (AvgIpc) is 2.43. The minimum atomic E-state index is -0.391. The van der Waals surface area contributed by atoms with Crippen LogP contribution in [0.1, 0.15) is 26.3 Å². The minimum absolute atomic E-state index is 0.0815. The fourth-order valence-electron chi connectivity index (χ4n) is 1.66. The van der Waals surface area contributed by atoms with E-state index in [1.165, 1.54) is 7.11 Å². The molecule has 0 heterocycles. The lowest BCUT2D eigenvalue weighted by Crippen LogP contribution is -2.43. The molecule has 1 amide bonds. The van der Waals surface area contributed by atoms with Crippen LogP contribution in [0, 0.1) is 11.7 Å². The van der Waals surface area contributed by atoms with Crippen LogP contribution in [0.5, 0.6) is 5.75 Å². The summed E-state index contributed by atoms with van der Waals surface area (Å²) in [5, 5.41) is 5.84. The molecule has 1 rings (SSSR count). The predicted octanol–water partition coefficient (Wildman–Crippen LogP) is 2.08. The van der Waals surface area contributed by atoms with Gasteiger partial charge in [0, 0.05) is 18.7 Å². The highest BCUT2D eigenvalue weighted by Crippen LogP contribution is 2.19. The highest BCUT2D eigenvalue weighted by molar-refractivity contribution is 5.81. The van der Waals surface area contributed by atoms with E-state index in [0.717, 1.165) is 0 Å². The van der Waals surface area contributed by atoms with Crippen molar-refractivity contribution in [1.29, 1.82) is 0 Å². The average molecular weight is 282 g/mol. The van der Waals surface area contributed by atoms with Gasteiger partial charge in [-0.15, -0.1) is 0 Å². The van der Waals surface area contributed by atoms with Gasteiger partial charge in [-0.2, -0.15) is 0 Å². The van der Waals surface area contributed by atoms with Crippen LogP contribution in [0.15, 0.2) is 18.2 Å². The van der Waals surface area contributed by atoms with Gasteiger partial charge in [-0.3, -0.25) is 4.79 Å². The van der Waals surface area contributed by atoms with Gasteiger partial charge in [-0.05, 0) is 18.9 Å². The molecule has 0 radical (unpaired) electrons. The standard InChI is InChI=1S/C15H23FN2O2/c1-10(2)8-18-15(19)11(3)17-9-12-6-5-7-13(20-4)14(12)16/h5-7,10-11,17H,8-9H2,1-4H3,(H,18,19). The van der Waals surface area contributed by atoms with Gasteiger partial charge in [-0.25, -0.2) is 4.39 Å². The Morgan fingerprint density at radius 3 is 2.65 bits per heavy atom. The van der Waals surface area contributed by atoms with Crippen LogP contribution in [0.25, 0.3) is 0 Å². The van der Waals surface area contributed by atoms with Crippen molar-refractivity contribution in [2.24, 2.45) is 5.92 Å². The molecule has 0 bridgehead atoms. The van der Waals surface area contributed by atoms with E-state index < -0.39 is 5.82 Å². The van der Waals surface area contributed by atoms with Crippen molar-refractivity contribution in [3.05, 3.63) is 29.6 Å². The van der Waals surface area contributed by atoms with Gasteiger partial charge in [-0.1, -0.05) is 26.0 Å². The zero-order valence-electron chi connectivity index (χ0n) is 12.5. The molecule has 1 atom stereocenters. The molecule has 0 saturated carbocycles. The second-order valence-electron chi connectivity index (χ2n) is 5.17. The molecule has 0 fully saturated rings. The maximum Gasteiger partial charge on any atom is 0.236 e. The van der Waals surface area contributed by atoms with Crippen LogP contribution >= 0.6 is 0 Å². The van der Waals surface area contributed by atoms with Crippen molar-refractivity contribution in [2.45, 2.75) is 33.4 Å². The first kappa shape index (κ1) is 16.4.